The summed E-state index contributed by atoms with van der Waals surface area (Å²) in [5, 5.41) is 5.87. The molecule has 1 aromatic carbocycles. The Morgan fingerprint density at radius 3 is 2.10 bits per heavy atom. The minimum Gasteiger partial charge on any atom is -0.353 e. The van der Waals surface area contributed by atoms with Gasteiger partial charge in [0.2, 0.25) is 17.7 Å². The summed E-state index contributed by atoms with van der Waals surface area (Å²) >= 11 is 0. The smallest absolute Gasteiger partial charge is 0.238 e. The van der Waals surface area contributed by atoms with Crippen molar-refractivity contribution in [2.24, 2.45) is 0 Å². The molecular weight excluding hydrogens is 394 g/mol. The van der Waals surface area contributed by atoms with E-state index in [0.29, 0.717) is 32.7 Å². The Kier molecular flexibility index (Phi) is 9.00. The predicted molar refractivity (Wildman–Crippen MR) is 123 cm³/mol. The number of piperazine rings is 1. The second-order valence-electron chi connectivity index (χ2n) is 8.87. The monoisotopic (exact) mass is 431 g/mol. The minimum absolute atomic E-state index is 0.00396. The number of likely N-dealkylation sites (N-methyl/N-ethyl adjacent to an activating group) is 1. The van der Waals surface area contributed by atoms with Crippen LogP contribution in [0.25, 0.3) is 0 Å². The molecule has 31 heavy (non-hydrogen) atoms. The fourth-order valence-electron chi connectivity index (χ4n) is 3.91. The van der Waals surface area contributed by atoms with Crippen molar-refractivity contribution in [2.45, 2.75) is 40.7 Å². The van der Waals surface area contributed by atoms with Crippen molar-refractivity contribution >= 4 is 23.4 Å². The first-order valence-corrected chi connectivity index (χ1v) is 10.9. The Bertz CT molecular complexity index is 777. The van der Waals surface area contributed by atoms with Gasteiger partial charge in [0.15, 0.2) is 0 Å². The van der Waals surface area contributed by atoms with Crippen molar-refractivity contribution < 1.29 is 14.4 Å². The molecule has 8 heteroatoms. The van der Waals surface area contributed by atoms with E-state index in [9.17, 15) is 14.4 Å². The molecular formula is C23H37N5O3. The first-order chi connectivity index (χ1) is 14.5. The zero-order valence-corrected chi connectivity index (χ0v) is 19.7. The van der Waals surface area contributed by atoms with Crippen LogP contribution in [-0.2, 0) is 14.4 Å². The third-order valence-corrected chi connectivity index (χ3v) is 5.30. The quantitative estimate of drug-likeness (QED) is 0.645. The van der Waals surface area contributed by atoms with Gasteiger partial charge >= 0.3 is 0 Å². The summed E-state index contributed by atoms with van der Waals surface area (Å²) in [5.41, 5.74) is 4.07. The summed E-state index contributed by atoms with van der Waals surface area (Å²) in [6, 6.07) is 4.21. The molecule has 2 N–H and O–H groups in total. The molecule has 0 radical (unpaired) electrons. The third kappa shape index (κ3) is 7.95. The number of nitrogens with zero attached hydrogens (tertiary/aromatic N) is 3. The van der Waals surface area contributed by atoms with Crippen molar-refractivity contribution in [1.82, 2.24) is 20.0 Å². The normalized spacial score (nSPS) is 14.8. The Balaban J connectivity index is 1.76. The van der Waals surface area contributed by atoms with Crippen molar-refractivity contribution in [2.75, 3.05) is 58.2 Å². The molecule has 2 rings (SSSR count). The van der Waals surface area contributed by atoms with E-state index >= 15 is 0 Å². The van der Waals surface area contributed by atoms with Crippen LogP contribution >= 0.6 is 0 Å². The maximum Gasteiger partial charge on any atom is 0.238 e. The largest absolute Gasteiger partial charge is 0.353 e. The van der Waals surface area contributed by atoms with Crippen LogP contribution in [0.4, 0.5) is 5.69 Å². The van der Waals surface area contributed by atoms with Gasteiger partial charge in [0.25, 0.3) is 0 Å². The van der Waals surface area contributed by atoms with Gasteiger partial charge in [0.1, 0.15) is 0 Å². The predicted octanol–water partition coefficient (Wildman–Crippen LogP) is 1.15. The third-order valence-electron chi connectivity index (χ3n) is 5.30. The highest BCUT2D eigenvalue weighted by Crippen LogP contribution is 2.21. The molecule has 1 fully saturated rings. The fraction of sp³-hybridized carbons (Fsp3) is 0.609. The standard InChI is InChI=1S/C23H37N5O3/c1-16(2)24-21(30)14-27-7-9-28(10-8-27)22(31)15-26(6)13-20(29)25-23-18(4)11-17(3)12-19(23)5/h11-12,16H,7-10,13-15H2,1-6H3,(H,24,30)(H,25,29). The number of aryl methyl sites for hydroxylation is 3. The summed E-state index contributed by atoms with van der Waals surface area (Å²) in [6.07, 6.45) is 0. The van der Waals surface area contributed by atoms with E-state index in [1.807, 2.05) is 46.8 Å². The maximum atomic E-state index is 12.6. The Labute approximate surface area is 185 Å². The van der Waals surface area contributed by atoms with Crippen LogP contribution in [0.5, 0.6) is 0 Å². The number of hydrogen-bond donors (Lipinski definition) is 2. The summed E-state index contributed by atoms with van der Waals surface area (Å²) in [5.74, 6) is -0.116. The molecule has 1 aliphatic heterocycles. The molecule has 1 heterocycles. The molecule has 1 aromatic rings. The van der Waals surface area contributed by atoms with Gasteiger partial charge in [0, 0.05) is 37.9 Å². The lowest BCUT2D eigenvalue weighted by atomic mass is 10.1. The van der Waals surface area contributed by atoms with E-state index in [-0.39, 0.29) is 36.9 Å². The van der Waals surface area contributed by atoms with Crippen LogP contribution in [0.2, 0.25) is 0 Å². The van der Waals surface area contributed by atoms with E-state index in [4.69, 9.17) is 0 Å². The van der Waals surface area contributed by atoms with Crippen LogP contribution in [0.15, 0.2) is 12.1 Å². The summed E-state index contributed by atoms with van der Waals surface area (Å²) in [6.45, 7) is 13.1. The first-order valence-electron chi connectivity index (χ1n) is 10.9. The van der Waals surface area contributed by atoms with Gasteiger partial charge in [-0.3, -0.25) is 24.2 Å². The molecule has 8 nitrogen and oxygen atoms in total. The molecule has 172 valence electrons. The Morgan fingerprint density at radius 2 is 1.55 bits per heavy atom. The van der Waals surface area contributed by atoms with Crippen molar-refractivity contribution in [3.63, 3.8) is 0 Å². The van der Waals surface area contributed by atoms with Crippen LogP contribution in [-0.4, -0.2) is 91.3 Å². The van der Waals surface area contributed by atoms with E-state index in [1.165, 1.54) is 0 Å². The van der Waals surface area contributed by atoms with Crippen LogP contribution in [0, 0.1) is 20.8 Å². The number of carbonyl (C=O) groups excluding carboxylic acids is 3. The minimum atomic E-state index is -0.133. The highest BCUT2D eigenvalue weighted by atomic mass is 16.2. The van der Waals surface area contributed by atoms with Crippen molar-refractivity contribution in [3.05, 3.63) is 28.8 Å². The zero-order valence-electron chi connectivity index (χ0n) is 19.7. The molecule has 1 saturated heterocycles. The summed E-state index contributed by atoms with van der Waals surface area (Å²) in [4.78, 5) is 42.6. The first kappa shape index (κ1) is 24.8. The molecule has 0 atom stereocenters. The molecule has 0 aliphatic carbocycles. The number of amides is 3. The van der Waals surface area contributed by atoms with Gasteiger partial charge in [-0.05, 0) is 52.8 Å². The van der Waals surface area contributed by atoms with Gasteiger partial charge in [-0.15, -0.1) is 0 Å². The second-order valence-corrected chi connectivity index (χ2v) is 8.87. The number of anilines is 1. The van der Waals surface area contributed by atoms with Gasteiger partial charge in [-0.2, -0.15) is 0 Å². The van der Waals surface area contributed by atoms with Crippen LogP contribution in [0.3, 0.4) is 0 Å². The average molecular weight is 432 g/mol. The lowest BCUT2D eigenvalue weighted by Crippen LogP contribution is -2.53. The number of benzene rings is 1. The molecule has 0 bridgehead atoms. The molecule has 0 aromatic heterocycles. The molecule has 0 saturated carbocycles. The van der Waals surface area contributed by atoms with Gasteiger partial charge in [0.05, 0.1) is 19.6 Å². The Hall–Kier alpha value is -2.45. The van der Waals surface area contributed by atoms with Gasteiger partial charge in [-0.1, -0.05) is 17.7 Å². The highest BCUT2D eigenvalue weighted by molar-refractivity contribution is 5.94. The van der Waals surface area contributed by atoms with E-state index < -0.39 is 0 Å². The summed E-state index contributed by atoms with van der Waals surface area (Å²) in [7, 11) is 1.78. The number of hydrogen-bond acceptors (Lipinski definition) is 5. The molecule has 3 amide bonds. The maximum absolute atomic E-state index is 12.6. The van der Waals surface area contributed by atoms with Crippen LogP contribution < -0.4 is 10.6 Å². The summed E-state index contributed by atoms with van der Waals surface area (Å²) < 4.78 is 0. The number of carbonyl (C=O) groups is 3. The van der Waals surface area contributed by atoms with Crippen molar-refractivity contribution in [1.29, 1.82) is 0 Å². The molecule has 0 spiro atoms. The highest BCUT2D eigenvalue weighted by Gasteiger charge is 2.23. The zero-order chi connectivity index (χ0) is 23.1. The van der Waals surface area contributed by atoms with E-state index in [2.05, 4.69) is 15.5 Å². The Morgan fingerprint density at radius 1 is 0.968 bits per heavy atom. The number of nitrogens with one attached hydrogen (secondary N) is 2. The van der Waals surface area contributed by atoms with Gasteiger partial charge < -0.3 is 15.5 Å². The number of rotatable bonds is 8. The molecule has 0 unspecified atom stereocenters. The lowest BCUT2D eigenvalue weighted by Gasteiger charge is -2.35. The van der Waals surface area contributed by atoms with Crippen LogP contribution in [0.1, 0.15) is 30.5 Å². The molecule has 1 aliphatic rings. The van der Waals surface area contributed by atoms with Crippen molar-refractivity contribution in [3.8, 4) is 0 Å². The lowest BCUT2D eigenvalue weighted by molar-refractivity contribution is -0.134. The fourth-order valence-corrected chi connectivity index (χ4v) is 3.91. The topological polar surface area (TPSA) is 85.0 Å². The average Bonchev–Trinajstić information content (AvgIpc) is 2.64. The second kappa shape index (κ2) is 11.2. The van der Waals surface area contributed by atoms with Gasteiger partial charge in [-0.25, -0.2) is 0 Å². The van der Waals surface area contributed by atoms with E-state index in [0.717, 1.165) is 22.4 Å². The van der Waals surface area contributed by atoms with E-state index in [1.54, 1.807) is 16.8 Å². The SMILES string of the molecule is Cc1cc(C)c(NC(=O)CN(C)CC(=O)N2CCN(CC(=O)NC(C)C)CC2)c(C)c1.